The molecule has 1 unspecified atom stereocenters. The number of piperazine rings is 1. The molecule has 21 heavy (non-hydrogen) atoms. The first-order valence-corrected chi connectivity index (χ1v) is 8.03. The van der Waals surface area contributed by atoms with Crippen LogP contribution in [0.5, 0.6) is 0 Å². The topological polar surface area (TPSA) is 78.0 Å². The Hall–Kier alpha value is -1.34. The maximum atomic E-state index is 8.94. The predicted octanol–water partition coefficient (Wildman–Crippen LogP) is 1.88. The summed E-state index contributed by atoms with van der Waals surface area (Å²) in [4.78, 5) is 8.97. The van der Waals surface area contributed by atoms with E-state index in [1.807, 2.05) is 18.3 Å². The zero-order valence-electron chi connectivity index (χ0n) is 12.2. The molecule has 1 atom stereocenters. The van der Waals surface area contributed by atoms with E-state index >= 15 is 0 Å². The highest BCUT2D eigenvalue weighted by Crippen LogP contribution is 2.24. The lowest BCUT2D eigenvalue weighted by Crippen LogP contribution is -2.54. The van der Waals surface area contributed by atoms with Gasteiger partial charge in [-0.05, 0) is 34.5 Å². The highest BCUT2D eigenvalue weighted by atomic mass is 79.9. The highest BCUT2D eigenvalue weighted by Gasteiger charge is 2.27. The van der Waals surface area contributed by atoms with Crippen LogP contribution in [-0.2, 0) is 0 Å². The van der Waals surface area contributed by atoms with Gasteiger partial charge in [-0.25, -0.2) is 4.98 Å². The third kappa shape index (κ3) is 3.85. The van der Waals surface area contributed by atoms with Gasteiger partial charge < -0.3 is 15.8 Å². The van der Waals surface area contributed by atoms with Crippen molar-refractivity contribution in [2.24, 2.45) is 10.9 Å². The molecule has 6 nitrogen and oxygen atoms in total. The molecule has 116 valence electrons. The van der Waals surface area contributed by atoms with Gasteiger partial charge in [0.1, 0.15) is 5.82 Å². The minimum absolute atomic E-state index is 0.0225. The second-order valence-electron chi connectivity index (χ2n) is 5.16. The summed E-state index contributed by atoms with van der Waals surface area (Å²) < 4.78 is 1.01. The molecule has 2 rings (SSSR count). The highest BCUT2D eigenvalue weighted by molar-refractivity contribution is 9.10. The van der Waals surface area contributed by atoms with Crippen LogP contribution in [0.3, 0.4) is 0 Å². The van der Waals surface area contributed by atoms with Crippen LogP contribution in [0.2, 0.25) is 0 Å². The Kier molecular flexibility index (Phi) is 5.81. The van der Waals surface area contributed by atoms with Gasteiger partial charge in [-0.1, -0.05) is 18.5 Å². The van der Waals surface area contributed by atoms with Gasteiger partial charge in [0.2, 0.25) is 0 Å². The number of hydrogen-bond acceptors (Lipinski definition) is 5. The third-order valence-electron chi connectivity index (χ3n) is 3.81. The first kappa shape index (κ1) is 16.0. The maximum absolute atomic E-state index is 8.94. The van der Waals surface area contributed by atoms with E-state index in [-0.39, 0.29) is 6.04 Å². The molecule has 0 aromatic carbocycles. The van der Waals surface area contributed by atoms with Crippen molar-refractivity contribution in [1.29, 1.82) is 0 Å². The SMILES string of the molecule is CCCC(C(N)=NO)N1CCN(c2ncccc2Br)CC1. The Labute approximate surface area is 133 Å². The molecule has 1 aliphatic heterocycles. The van der Waals surface area contributed by atoms with E-state index in [0.717, 1.165) is 49.3 Å². The van der Waals surface area contributed by atoms with Gasteiger partial charge in [0.25, 0.3) is 0 Å². The van der Waals surface area contributed by atoms with Gasteiger partial charge in [0.15, 0.2) is 5.84 Å². The Morgan fingerprint density at radius 1 is 1.48 bits per heavy atom. The van der Waals surface area contributed by atoms with E-state index in [2.05, 4.69) is 42.8 Å². The van der Waals surface area contributed by atoms with Crippen LogP contribution < -0.4 is 10.6 Å². The minimum Gasteiger partial charge on any atom is -0.409 e. The summed E-state index contributed by atoms with van der Waals surface area (Å²) in [6.07, 6.45) is 3.72. The fraction of sp³-hybridized carbons (Fsp3) is 0.571. The first-order valence-electron chi connectivity index (χ1n) is 7.24. The van der Waals surface area contributed by atoms with E-state index in [0.29, 0.717) is 5.84 Å². The van der Waals surface area contributed by atoms with Crippen LogP contribution in [0.15, 0.2) is 28.0 Å². The maximum Gasteiger partial charge on any atom is 0.156 e. The number of amidine groups is 1. The number of rotatable bonds is 5. The monoisotopic (exact) mass is 355 g/mol. The van der Waals surface area contributed by atoms with Gasteiger partial charge in [-0.15, -0.1) is 0 Å². The largest absolute Gasteiger partial charge is 0.409 e. The third-order valence-corrected chi connectivity index (χ3v) is 4.43. The molecule has 0 radical (unpaired) electrons. The normalized spacial score (nSPS) is 18.8. The molecule has 0 saturated carbocycles. The average Bonchev–Trinajstić information content (AvgIpc) is 2.53. The summed E-state index contributed by atoms with van der Waals surface area (Å²) in [6.45, 7) is 5.63. The second-order valence-corrected chi connectivity index (χ2v) is 6.02. The van der Waals surface area contributed by atoms with Gasteiger partial charge in [0, 0.05) is 32.4 Å². The van der Waals surface area contributed by atoms with E-state index in [1.54, 1.807) is 0 Å². The zero-order valence-corrected chi connectivity index (χ0v) is 13.8. The predicted molar refractivity (Wildman–Crippen MR) is 87.8 cm³/mol. The Bertz CT molecular complexity index is 488. The first-order chi connectivity index (χ1) is 10.2. The molecular formula is C14H22BrN5O. The molecule has 1 aromatic rings. The van der Waals surface area contributed by atoms with E-state index in [9.17, 15) is 0 Å². The molecule has 7 heteroatoms. The molecule has 0 aliphatic carbocycles. The number of anilines is 1. The quantitative estimate of drug-likeness (QED) is 0.365. The smallest absolute Gasteiger partial charge is 0.156 e. The van der Waals surface area contributed by atoms with Crippen molar-refractivity contribution < 1.29 is 5.21 Å². The summed E-state index contributed by atoms with van der Waals surface area (Å²) in [5.41, 5.74) is 5.83. The molecule has 1 fully saturated rings. The Morgan fingerprint density at radius 2 is 2.19 bits per heavy atom. The fourth-order valence-electron chi connectivity index (χ4n) is 2.71. The van der Waals surface area contributed by atoms with Crippen LogP contribution >= 0.6 is 15.9 Å². The van der Waals surface area contributed by atoms with Crippen molar-refractivity contribution in [3.8, 4) is 0 Å². The molecule has 1 saturated heterocycles. The van der Waals surface area contributed by atoms with E-state index < -0.39 is 0 Å². The average molecular weight is 356 g/mol. The van der Waals surface area contributed by atoms with Crippen LogP contribution in [0.25, 0.3) is 0 Å². The molecule has 2 heterocycles. The van der Waals surface area contributed by atoms with Crippen LogP contribution in [0, 0.1) is 0 Å². The Balaban J connectivity index is 2.01. The lowest BCUT2D eigenvalue weighted by atomic mass is 10.1. The molecule has 0 amide bonds. The van der Waals surface area contributed by atoms with Gasteiger partial charge >= 0.3 is 0 Å². The number of aromatic nitrogens is 1. The number of oxime groups is 1. The molecule has 3 N–H and O–H groups in total. The van der Waals surface area contributed by atoms with Crippen molar-refractivity contribution >= 4 is 27.6 Å². The van der Waals surface area contributed by atoms with Gasteiger partial charge in [-0.2, -0.15) is 0 Å². The number of nitrogens with zero attached hydrogens (tertiary/aromatic N) is 4. The van der Waals surface area contributed by atoms with Crippen molar-refractivity contribution in [2.75, 3.05) is 31.1 Å². The van der Waals surface area contributed by atoms with Crippen LogP contribution in [-0.4, -0.2) is 53.1 Å². The number of hydrogen-bond donors (Lipinski definition) is 2. The lowest BCUT2D eigenvalue weighted by Gasteiger charge is -2.39. The summed E-state index contributed by atoms with van der Waals surface area (Å²) in [7, 11) is 0. The van der Waals surface area contributed by atoms with Crippen LogP contribution in [0.4, 0.5) is 5.82 Å². The number of halogens is 1. The number of pyridine rings is 1. The van der Waals surface area contributed by atoms with E-state index in [1.165, 1.54) is 0 Å². The molecule has 1 aliphatic rings. The summed E-state index contributed by atoms with van der Waals surface area (Å²) in [5, 5.41) is 12.1. The molecule has 0 spiro atoms. The van der Waals surface area contributed by atoms with Crippen molar-refractivity contribution in [1.82, 2.24) is 9.88 Å². The fourth-order valence-corrected chi connectivity index (χ4v) is 3.22. The van der Waals surface area contributed by atoms with Crippen molar-refractivity contribution in [3.63, 3.8) is 0 Å². The molecule has 1 aromatic heterocycles. The minimum atomic E-state index is 0.0225. The Morgan fingerprint density at radius 3 is 2.76 bits per heavy atom. The zero-order chi connectivity index (χ0) is 15.2. The summed E-state index contributed by atoms with van der Waals surface area (Å²) in [6, 6.07) is 3.94. The van der Waals surface area contributed by atoms with Crippen molar-refractivity contribution in [3.05, 3.63) is 22.8 Å². The molecular weight excluding hydrogens is 334 g/mol. The number of nitrogens with two attached hydrogens (primary N) is 1. The van der Waals surface area contributed by atoms with Crippen LogP contribution in [0.1, 0.15) is 19.8 Å². The molecule has 0 bridgehead atoms. The summed E-state index contributed by atoms with van der Waals surface area (Å²) in [5.74, 6) is 1.29. The summed E-state index contributed by atoms with van der Waals surface area (Å²) >= 11 is 3.55. The van der Waals surface area contributed by atoms with E-state index in [4.69, 9.17) is 10.9 Å². The van der Waals surface area contributed by atoms with Gasteiger partial charge in [0.05, 0.1) is 10.5 Å². The lowest BCUT2D eigenvalue weighted by molar-refractivity contribution is 0.211. The van der Waals surface area contributed by atoms with Crippen molar-refractivity contribution in [2.45, 2.75) is 25.8 Å². The second kappa shape index (κ2) is 7.61. The standard InChI is InChI=1S/C14H22BrN5O/c1-2-4-12(13(16)18-21)19-7-9-20(10-8-19)14-11(15)5-3-6-17-14/h3,5-6,12,21H,2,4,7-10H2,1H3,(H2,16,18). The van der Waals surface area contributed by atoms with Gasteiger partial charge in [-0.3, -0.25) is 4.90 Å².